The number of halogens is 2. The number of carbonyl (C=O) groups is 3. The van der Waals surface area contributed by atoms with Gasteiger partial charge in [0.1, 0.15) is 5.75 Å². The second kappa shape index (κ2) is 12.4. The summed E-state index contributed by atoms with van der Waals surface area (Å²) >= 11 is 6.89. The number of nitrogens with zero attached hydrogens (tertiary/aromatic N) is 2. The molecular formula is C21H22Br2N2O6. The van der Waals surface area contributed by atoms with Gasteiger partial charge in [-0.1, -0.05) is 44.0 Å². The van der Waals surface area contributed by atoms with Gasteiger partial charge in [0.05, 0.1) is 0 Å². The van der Waals surface area contributed by atoms with Gasteiger partial charge >= 0.3 is 11.9 Å². The lowest BCUT2D eigenvalue weighted by Crippen LogP contribution is -2.49. The van der Waals surface area contributed by atoms with Crippen LogP contribution in [-0.4, -0.2) is 70.6 Å². The summed E-state index contributed by atoms with van der Waals surface area (Å²) in [5, 5.41) is 14.8. The molecule has 1 amide bonds. The minimum absolute atomic E-state index is 0.0463. The van der Waals surface area contributed by atoms with Crippen LogP contribution in [0.4, 0.5) is 0 Å². The zero-order chi connectivity index (χ0) is 22.8. The predicted molar refractivity (Wildman–Crippen MR) is 121 cm³/mol. The number of carbonyl (C=O) groups excluding carboxylic acids is 1. The van der Waals surface area contributed by atoms with Crippen LogP contribution in [-0.2, 0) is 20.9 Å². The smallest absolute Gasteiger partial charge is 0.414 e. The Hall–Kier alpha value is -2.43. The molecular weight excluding hydrogens is 536 g/mol. The monoisotopic (exact) mass is 556 g/mol. The van der Waals surface area contributed by atoms with Crippen LogP contribution in [0.2, 0.25) is 0 Å². The first-order valence-electron chi connectivity index (χ1n) is 9.33. The third kappa shape index (κ3) is 9.07. The maximum absolute atomic E-state index is 12.3. The van der Waals surface area contributed by atoms with E-state index in [9.17, 15) is 4.79 Å². The van der Waals surface area contributed by atoms with Gasteiger partial charge in [0, 0.05) is 41.7 Å². The van der Waals surface area contributed by atoms with Crippen LogP contribution >= 0.6 is 31.9 Å². The number of amides is 1. The van der Waals surface area contributed by atoms with E-state index >= 15 is 0 Å². The van der Waals surface area contributed by atoms with Crippen molar-refractivity contribution < 1.29 is 29.3 Å². The minimum atomic E-state index is -1.82. The molecule has 1 saturated heterocycles. The van der Waals surface area contributed by atoms with Gasteiger partial charge in [-0.3, -0.25) is 9.69 Å². The molecule has 0 saturated carbocycles. The van der Waals surface area contributed by atoms with Crippen LogP contribution in [0.5, 0.6) is 5.75 Å². The fraction of sp³-hybridized carbons (Fsp3) is 0.286. The van der Waals surface area contributed by atoms with Crippen LogP contribution in [0.3, 0.4) is 0 Å². The van der Waals surface area contributed by atoms with Gasteiger partial charge in [0.2, 0.25) is 0 Å². The Morgan fingerprint density at radius 3 is 2.03 bits per heavy atom. The highest BCUT2D eigenvalue weighted by Crippen LogP contribution is 2.17. The Labute approximate surface area is 196 Å². The van der Waals surface area contributed by atoms with Crippen molar-refractivity contribution >= 4 is 49.7 Å². The molecule has 10 heteroatoms. The van der Waals surface area contributed by atoms with E-state index in [0.717, 1.165) is 41.7 Å². The Morgan fingerprint density at radius 2 is 1.48 bits per heavy atom. The van der Waals surface area contributed by atoms with Gasteiger partial charge in [0.15, 0.2) is 6.61 Å². The molecule has 0 aliphatic carbocycles. The Kier molecular flexibility index (Phi) is 9.96. The SMILES string of the molecule is O=C(COc1ccc(Br)cc1)N1CCN(Cc2cccc(Br)c2)CC1.O=C(O)C(=O)O. The number of hydrogen-bond donors (Lipinski definition) is 2. The van der Waals surface area contributed by atoms with Crippen molar-refractivity contribution in [1.82, 2.24) is 9.80 Å². The fourth-order valence-electron chi connectivity index (χ4n) is 2.82. The quantitative estimate of drug-likeness (QED) is 0.544. The molecule has 31 heavy (non-hydrogen) atoms. The third-order valence-electron chi connectivity index (χ3n) is 4.38. The van der Waals surface area contributed by atoms with Gasteiger partial charge in [-0.15, -0.1) is 0 Å². The molecule has 2 aromatic carbocycles. The summed E-state index contributed by atoms with van der Waals surface area (Å²) in [7, 11) is 0. The molecule has 1 aliphatic rings. The molecule has 166 valence electrons. The van der Waals surface area contributed by atoms with Crippen molar-refractivity contribution in [2.45, 2.75) is 6.54 Å². The molecule has 1 aliphatic heterocycles. The summed E-state index contributed by atoms with van der Waals surface area (Å²) in [5.41, 5.74) is 1.28. The average Bonchev–Trinajstić information content (AvgIpc) is 2.74. The number of hydrogen-bond acceptors (Lipinski definition) is 5. The van der Waals surface area contributed by atoms with Gasteiger partial charge < -0.3 is 19.8 Å². The van der Waals surface area contributed by atoms with E-state index in [2.05, 4.69) is 55.0 Å². The number of piperazine rings is 1. The molecule has 0 atom stereocenters. The number of aliphatic carboxylic acids is 2. The largest absolute Gasteiger partial charge is 0.484 e. The van der Waals surface area contributed by atoms with Crippen molar-refractivity contribution in [3.8, 4) is 5.75 Å². The number of ether oxygens (including phenoxy) is 1. The van der Waals surface area contributed by atoms with Gasteiger partial charge in [-0.2, -0.15) is 0 Å². The molecule has 0 spiro atoms. The fourth-order valence-corrected chi connectivity index (χ4v) is 3.53. The zero-order valence-electron chi connectivity index (χ0n) is 16.5. The van der Waals surface area contributed by atoms with E-state index in [1.807, 2.05) is 35.2 Å². The molecule has 8 nitrogen and oxygen atoms in total. The molecule has 0 aromatic heterocycles. The second-order valence-corrected chi connectivity index (χ2v) is 8.47. The molecule has 0 bridgehead atoms. The topological polar surface area (TPSA) is 107 Å². The summed E-state index contributed by atoms with van der Waals surface area (Å²) in [6.45, 7) is 4.27. The molecule has 3 rings (SSSR count). The number of rotatable bonds is 5. The summed E-state index contributed by atoms with van der Waals surface area (Å²) in [6, 6.07) is 15.9. The highest BCUT2D eigenvalue weighted by molar-refractivity contribution is 9.10. The van der Waals surface area contributed by atoms with E-state index < -0.39 is 11.9 Å². The standard InChI is InChI=1S/C19H20Br2N2O2.C2H2O4/c20-16-4-6-18(7-5-16)25-14-19(24)23-10-8-22(9-11-23)13-15-2-1-3-17(21)12-15;3-1(4)2(5)6/h1-7,12H,8-11,13-14H2;(H,3,4)(H,5,6). The van der Waals surface area contributed by atoms with Gasteiger partial charge in [-0.05, 0) is 42.0 Å². The normalized spacial score (nSPS) is 13.7. The van der Waals surface area contributed by atoms with Crippen LogP contribution in [0.25, 0.3) is 0 Å². The molecule has 1 heterocycles. The van der Waals surface area contributed by atoms with E-state index in [0.29, 0.717) is 5.75 Å². The van der Waals surface area contributed by atoms with E-state index in [4.69, 9.17) is 24.5 Å². The van der Waals surface area contributed by atoms with Crippen molar-refractivity contribution in [1.29, 1.82) is 0 Å². The number of benzene rings is 2. The third-order valence-corrected chi connectivity index (χ3v) is 5.40. The van der Waals surface area contributed by atoms with E-state index in [1.54, 1.807) is 0 Å². The summed E-state index contributed by atoms with van der Waals surface area (Å²) in [4.78, 5) is 34.8. The van der Waals surface area contributed by atoms with Crippen molar-refractivity contribution in [2.24, 2.45) is 0 Å². The van der Waals surface area contributed by atoms with Crippen molar-refractivity contribution in [3.63, 3.8) is 0 Å². The highest BCUT2D eigenvalue weighted by Gasteiger charge is 2.21. The van der Waals surface area contributed by atoms with Crippen LogP contribution in [0.1, 0.15) is 5.56 Å². The average molecular weight is 558 g/mol. The Balaban J connectivity index is 0.000000501. The van der Waals surface area contributed by atoms with E-state index in [1.165, 1.54) is 5.56 Å². The summed E-state index contributed by atoms with van der Waals surface area (Å²) in [6.07, 6.45) is 0. The number of carboxylic acid groups (broad SMARTS) is 2. The van der Waals surface area contributed by atoms with Gasteiger partial charge in [-0.25, -0.2) is 9.59 Å². The van der Waals surface area contributed by atoms with E-state index in [-0.39, 0.29) is 12.5 Å². The Morgan fingerprint density at radius 1 is 0.871 bits per heavy atom. The predicted octanol–water partition coefficient (Wildman–Crippen LogP) is 3.09. The number of carboxylic acids is 2. The van der Waals surface area contributed by atoms with Crippen LogP contribution < -0.4 is 4.74 Å². The van der Waals surface area contributed by atoms with Crippen LogP contribution in [0.15, 0.2) is 57.5 Å². The minimum Gasteiger partial charge on any atom is -0.484 e. The molecule has 0 unspecified atom stereocenters. The molecule has 2 N–H and O–H groups in total. The van der Waals surface area contributed by atoms with Gasteiger partial charge in [0.25, 0.3) is 5.91 Å². The Bertz CT molecular complexity index is 887. The highest BCUT2D eigenvalue weighted by atomic mass is 79.9. The van der Waals surface area contributed by atoms with Crippen molar-refractivity contribution in [2.75, 3.05) is 32.8 Å². The lowest BCUT2D eigenvalue weighted by atomic mass is 10.2. The summed E-state index contributed by atoms with van der Waals surface area (Å²) < 4.78 is 7.67. The molecule has 0 radical (unpaired) electrons. The molecule has 1 fully saturated rings. The molecule has 2 aromatic rings. The first-order chi connectivity index (χ1) is 14.7. The first-order valence-corrected chi connectivity index (χ1v) is 10.9. The second-order valence-electron chi connectivity index (χ2n) is 6.64. The van der Waals surface area contributed by atoms with Crippen LogP contribution in [0, 0.1) is 0 Å². The summed E-state index contributed by atoms with van der Waals surface area (Å²) in [5.74, 6) is -2.89. The zero-order valence-corrected chi connectivity index (χ0v) is 19.7. The van der Waals surface area contributed by atoms with Crippen molar-refractivity contribution in [3.05, 3.63) is 63.0 Å². The first kappa shape index (κ1) is 24.8. The maximum atomic E-state index is 12.3. The lowest BCUT2D eigenvalue weighted by Gasteiger charge is -2.34. The lowest BCUT2D eigenvalue weighted by molar-refractivity contribution is -0.159. The maximum Gasteiger partial charge on any atom is 0.414 e.